The summed E-state index contributed by atoms with van der Waals surface area (Å²) in [7, 11) is 0. The lowest BCUT2D eigenvalue weighted by atomic mass is 10.1. The van der Waals surface area contributed by atoms with E-state index in [1.165, 1.54) is 36.4 Å². The number of halogens is 1. The monoisotopic (exact) mass is 258 g/mol. The van der Waals surface area contributed by atoms with E-state index in [0.717, 1.165) is 6.07 Å². The van der Waals surface area contributed by atoms with Gasteiger partial charge >= 0.3 is 0 Å². The fourth-order valence-electron chi connectivity index (χ4n) is 1.61. The molecule has 0 saturated carbocycles. The zero-order valence-corrected chi connectivity index (χ0v) is 9.72. The van der Waals surface area contributed by atoms with Gasteiger partial charge in [0.15, 0.2) is 0 Å². The van der Waals surface area contributed by atoms with Crippen LogP contribution in [0.3, 0.4) is 0 Å². The summed E-state index contributed by atoms with van der Waals surface area (Å²) in [5.74, 6) is -2.80. The number of hydrogen-bond acceptors (Lipinski definition) is 3. The highest BCUT2D eigenvalue weighted by Gasteiger charge is 2.12. The van der Waals surface area contributed by atoms with Crippen LogP contribution in [0.5, 0.6) is 0 Å². The lowest BCUT2D eigenvalue weighted by molar-refractivity contribution is -0.254. The predicted molar refractivity (Wildman–Crippen MR) is 65.1 cm³/mol. The molecule has 19 heavy (non-hydrogen) atoms. The second-order valence-corrected chi connectivity index (χ2v) is 3.77. The van der Waals surface area contributed by atoms with Gasteiger partial charge in [0, 0.05) is 5.56 Å². The molecule has 2 rings (SSSR count). The Morgan fingerprint density at radius 1 is 0.947 bits per heavy atom. The normalized spacial score (nSPS) is 9.95. The van der Waals surface area contributed by atoms with Crippen LogP contribution in [0.2, 0.25) is 0 Å². The van der Waals surface area contributed by atoms with Crippen molar-refractivity contribution in [2.45, 2.75) is 0 Å². The summed E-state index contributed by atoms with van der Waals surface area (Å²) in [6, 6.07) is 11.2. The Morgan fingerprint density at radius 2 is 1.53 bits per heavy atom. The van der Waals surface area contributed by atoms with E-state index in [1.54, 1.807) is 6.07 Å². The van der Waals surface area contributed by atoms with E-state index in [-0.39, 0.29) is 16.8 Å². The fraction of sp³-hybridized carbons (Fsp3) is 0. The number of nitrogens with one attached hydrogen (secondary N) is 1. The number of carbonyl (C=O) groups is 2. The first-order chi connectivity index (χ1) is 9.09. The molecular formula is C14H9FNO3-. The molecule has 5 heteroatoms. The third kappa shape index (κ3) is 2.77. The number of hydrogen-bond donors (Lipinski definition) is 1. The number of rotatable bonds is 3. The minimum Gasteiger partial charge on any atom is -0.545 e. The second kappa shape index (κ2) is 5.30. The predicted octanol–water partition coefficient (Wildman–Crippen LogP) is 1.44. The van der Waals surface area contributed by atoms with Crippen LogP contribution >= 0.6 is 0 Å². The lowest BCUT2D eigenvalue weighted by Gasteiger charge is -2.11. The van der Waals surface area contributed by atoms with Crippen molar-refractivity contribution in [3.63, 3.8) is 0 Å². The molecule has 0 saturated heterocycles. The number of carboxylic acid groups (broad SMARTS) is 1. The maximum absolute atomic E-state index is 13.4. The van der Waals surface area contributed by atoms with Crippen molar-refractivity contribution in [2.75, 3.05) is 5.32 Å². The zero-order valence-electron chi connectivity index (χ0n) is 9.72. The molecular weight excluding hydrogens is 249 g/mol. The summed E-state index contributed by atoms with van der Waals surface area (Å²) in [6.07, 6.45) is 0. The second-order valence-electron chi connectivity index (χ2n) is 3.77. The Kier molecular flexibility index (Phi) is 3.56. The number of carboxylic acids is 1. The van der Waals surface area contributed by atoms with Crippen LogP contribution in [0.15, 0.2) is 48.5 Å². The van der Waals surface area contributed by atoms with Gasteiger partial charge in [0.05, 0.1) is 17.2 Å². The van der Waals surface area contributed by atoms with Gasteiger partial charge in [-0.3, -0.25) is 4.79 Å². The van der Waals surface area contributed by atoms with Gasteiger partial charge in [-0.1, -0.05) is 30.3 Å². The third-order valence-electron chi connectivity index (χ3n) is 2.51. The topological polar surface area (TPSA) is 69.2 Å². The molecule has 0 aliphatic heterocycles. The van der Waals surface area contributed by atoms with Crippen LogP contribution in [0, 0.1) is 5.82 Å². The molecule has 1 N–H and O–H groups in total. The van der Waals surface area contributed by atoms with Crippen molar-refractivity contribution in [3.05, 3.63) is 65.5 Å². The first kappa shape index (κ1) is 12.8. The van der Waals surface area contributed by atoms with E-state index in [9.17, 15) is 19.1 Å². The van der Waals surface area contributed by atoms with Gasteiger partial charge in [0.1, 0.15) is 5.82 Å². The van der Waals surface area contributed by atoms with Gasteiger partial charge in [-0.25, -0.2) is 4.39 Å². The van der Waals surface area contributed by atoms with Crippen LogP contribution in [0.1, 0.15) is 20.7 Å². The van der Waals surface area contributed by atoms with E-state index < -0.39 is 17.7 Å². The highest BCUT2D eigenvalue weighted by Crippen LogP contribution is 2.16. The van der Waals surface area contributed by atoms with Crippen molar-refractivity contribution >= 4 is 17.6 Å². The van der Waals surface area contributed by atoms with E-state index in [1.807, 2.05) is 0 Å². The fourth-order valence-corrected chi connectivity index (χ4v) is 1.61. The van der Waals surface area contributed by atoms with Gasteiger partial charge in [-0.2, -0.15) is 0 Å². The average Bonchev–Trinajstić information content (AvgIpc) is 2.39. The van der Waals surface area contributed by atoms with Crippen molar-refractivity contribution < 1.29 is 19.1 Å². The highest BCUT2D eigenvalue weighted by atomic mass is 19.1. The van der Waals surface area contributed by atoms with Crippen molar-refractivity contribution in [1.82, 2.24) is 0 Å². The van der Waals surface area contributed by atoms with Crippen LogP contribution < -0.4 is 10.4 Å². The van der Waals surface area contributed by atoms with Crippen LogP contribution in [0.4, 0.5) is 10.1 Å². The van der Waals surface area contributed by atoms with E-state index in [0.29, 0.717) is 0 Å². The summed E-state index contributed by atoms with van der Waals surface area (Å²) in [5.41, 5.74) is -0.251. The standard InChI is InChI=1S/C14H10FNO3/c15-11-7-3-1-5-9(11)13(17)16-12-8-4-2-6-10(12)14(18)19/h1-8H,(H,16,17)(H,18,19)/p-1. The van der Waals surface area contributed by atoms with Crippen molar-refractivity contribution in [2.24, 2.45) is 0 Å². The average molecular weight is 258 g/mol. The third-order valence-corrected chi connectivity index (χ3v) is 2.51. The van der Waals surface area contributed by atoms with E-state index in [4.69, 9.17) is 0 Å². The SMILES string of the molecule is O=C(Nc1ccccc1C(=O)[O-])c1ccccc1F. The maximum Gasteiger partial charge on any atom is 0.258 e. The van der Waals surface area contributed by atoms with Crippen molar-refractivity contribution in [1.29, 1.82) is 0 Å². The highest BCUT2D eigenvalue weighted by molar-refractivity contribution is 6.07. The summed E-state index contributed by atoms with van der Waals surface area (Å²) in [5, 5.41) is 13.2. The molecule has 0 fully saturated rings. The molecule has 96 valence electrons. The Labute approximate surface area is 108 Å². The maximum atomic E-state index is 13.4. The molecule has 1 amide bonds. The van der Waals surface area contributed by atoms with Gasteiger partial charge in [0.2, 0.25) is 0 Å². The Morgan fingerprint density at radius 3 is 2.16 bits per heavy atom. The number of amides is 1. The number of benzene rings is 2. The number of anilines is 1. The molecule has 2 aromatic rings. The van der Waals surface area contributed by atoms with E-state index >= 15 is 0 Å². The molecule has 0 atom stereocenters. The summed E-state index contributed by atoms with van der Waals surface area (Å²) in [6.45, 7) is 0. The first-order valence-corrected chi connectivity index (χ1v) is 5.46. The minimum atomic E-state index is -1.41. The van der Waals surface area contributed by atoms with Gasteiger partial charge in [-0.15, -0.1) is 0 Å². The molecule has 0 bridgehead atoms. The van der Waals surface area contributed by atoms with Crippen LogP contribution in [0.25, 0.3) is 0 Å². The Hall–Kier alpha value is -2.69. The quantitative estimate of drug-likeness (QED) is 0.905. The minimum absolute atomic E-state index is 0.0655. The molecule has 0 aliphatic carbocycles. The Balaban J connectivity index is 2.30. The molecule has 0 spiro atoms. The largest absolute Gasteiger partial charge is 0.545 e. The molecule has 0 radical (unpaired) electrons. The summed E-state index contributed by atoms with van der Waals surface area (Å²) < 4.78 is 13.4. The van der Waals surface area contributed by atoms with Gasteiger partial charge in [0.25, 0.3) is 5.91 Å². The summed E-state index contributed by atoms with van der Waals surface area (Å²) in [4.78, 5) is 22.7. The molecule has 0 heterocycles. The number of aromatic carboxylic acids is 1. The molecule has 2 aromatic carbocycles. The van der Waals surface area contributed by atoms with Crippen LogP contribution in [-0.4, -0.2) is 11.9 Å². The van der Waals surface area contributed by atoms with E-state index in [2.05, 4.69) is 5.32 Å². The first-order valence-electron chi connectivity index (χ1n) is 5.46. The van der Waals surface area contributed by atoms with Gasteiger partial charge < -0.3 is 15.2 Å². The smallest absolute Gasteiger partial charge is 0.258 e. The zero-order chi connectivity index (χ0) is 13.8. The van der Waals surface area contributed by atoms with Gasteiger partial charge in [-0.05, 0) is 18.2 Å². The summed E-state index contributed by atoms with van der Waals surface area (Å²) >= 11 is 0. The number of para-hydroxylation sites is 1. The molecule has 0 aromatic heterocycles. The molecule has 4 nitrogen and oxygen atoms in total. The van der Waals surface area contributed by atoms with Crippen LogP contribution in [-0.2, 0) is 0 Å². The van der Waals surface area contributed by atoms with Crippen molar-refractivity contribution in [3.8, 4) is 0 Å². The number of carbonyl (C=O) groups excluding carboxylic acids is 2. The molecule has 0 unspecified atom stereocenters. The Bertz CT molecular complexity index is 640. The molecule has 0 aliphatic rings. The lowest BCUT2D eigenvalue weighted by Crippen LogP contribution is -2.25.